The fourth-order valence-electron chi connectivity index (χ4n) is 4.61. The summed E-state index contributed by atoms with van der Waals surface area (Å²) in [7, 11) is 0. The minimum absolute atomic E-state index is 0.0371. The van der Waals surface area contributed by atoms with Gasteiger partial charge in [0.2, 0.25) is 11.8 Å². The fourth-order valence-corrected chi connectivity index (χ4v) is 4.61. The Morgan fingerprint density at radius 1 is 1.00 bits per heavy atom. The number of para-hydroxylation sites is 1. The highest BCUT2D eigenvalue weighted by molar-refractivity contribution is 5.89. The van der Waals surface area contributed by atoms with Crippen LogP contribution in [-0.2, 0) is 22.6 Å². The zero-order valence-electron chi connectivity index (χ0n) is 23.3. The molecule has 0 saturated heterocycles. The van der Waals surface area contributed by atoms with Crippen LogP contribution in [0.4, 0.5) is 0 Å². The van der Waals surface area contributed by atoms with E-state index in [1.165, 1.54) is 0 Å². The second kappa shape index (κ2) is 12.1. The summed E-state index contributed by atoms with van der Waals surface area (Å²) in [5.74, 6) is 0.249. The predicted octanol–water partition coefficient (Wildman–Crippen LogP) is 4.87. The Balaban J connectivity index is 1.73. The van der Waals surface area contributed by atoms with Crippen molar-refractivity contribution >= 4 is 22.8 Å². The van der Waals surface area contributed by atoms with Crippen molar-refractivity contribution < 1.29 is 14.3 Å². The van der Waals surface area contributed by atoms with Crippen LogP contribution in [0.2, 0.25) is 0 Å². The molecule has 8 nitrogen and oxygen atoms in total. The highest BCUT2D eigenvalue weighted by Crippen LogP contribution is 2.26. The van der Waals surface area contributed by atoms with E-state index in [0.29, 0.717) is 36.4 Å². The molecule has 1 N–H and O–H groups in total. The summed E-state index contributed by atoms with van der Waals surface area (Å²) in [5.41, 5.74) is 3.98. The summed E-state index contributed by atoms with van der Waals surface area (Å²) in [4.78, 5) is 29.6. The number of benzene rings is 3. The number of aryl methyl sites for hydroxylation is 1. The van der Waals surface area contributed by atoms with Crippen molar-refractivity contribution in [3.05, 3.63) is 89.5 Å². The third-order valence-electron chi connectivity index (χ3n) is 6.47. The number of nitrogens with one attached hydrogen (secondary N) is 1. The number of ether oxygens (including phenoxy) is 1. The van der Waals surface area contributed by atoms with Gasteiger partial charge in [0, 0.05) is 12.1 Å². The highest BCUT2D eigenvalue weighted by Gasteiger charge is 2.33. The monoisotopic (exact) mass is 527 g/mol. The van der Waals surface area contributed by atoms with E-state index in [4.69, 9.17) is 4.74 Å². The molecular formula is C31H37N5O3. The van der Waals surface area contributed by atoms with E-state index in [0.717, 1.165) is 16.6 Å². The first-order chi connectivity index (χ1) is 18.7. The van der Waals surface area contributed by atoms with Crippen LogP contribution in [-0.4, -0.2) is 50.4 Å². The summed E-state index contributed by atoms with van der Waals surface area (Å²) in [6.07, 6.45) is 0.604. The van der Waals surface area contributed by atoms with Crippen molar-refractivity contribution in [3.63, 3.8) is 0 Å². The summed E-state index contributed by atoms with van der Waals surface area (Å²) in [6.45, 7) is 10.6. The smallest absolute Gasteiger partial charge is 0.247 e. The molecule has 0 aliphatic rings. The van der Waals surface area contributed by atoms with Gasteiger partial charge in [-0.1, -0.05) is 53.7 Å². The summed E-state index contributed by atoms with van der Waals surface area (Å²) >= 11 is 0. The first-order valence-electron chi connectivity index (χ1n) is 13.3. The number of fused-ring (bicyclic) bond motifs is 1. The molecule has 4 aromatic rings. The standard InChI is InChI=1S/C31H37N5O3/c1-6-39-25-17-15-24(16-18-25)29(30(38)32-31(3,4)5)35(20-19-23-12-8-7-11-22(23)2)28(37)21-36-27-14-10-9-13-26(27)33-34-36/h7-18,29H,6,19-21H2,1-5H3,(H,32,38)/t29-/m1/s1. The van der Waals surface area contributed by atoms with Crippen LogP contribution in [0.5, 0.6) is 5.75 Å². The summed E-state index contributed by atoms with van der Waals surface area (Å²) in [5, 5.41) is 11.5. The number of hydrogen-bond acceptors (Lipinski definition) is 5. The second-order valence-electron chi connectivity index (χ2n) is 10.6. The van der Waals surface area contributed by atoms with Crippen LogP contribution in [0.1, 0.15) is 50.4 Å². The quantitative estimate of drug-likeness (QED) is 0.318. The Kier molecular flexibility index (Phi) is 8.64. The van der Waals surface area contributed by atoms with Crippen LogP contribution in [0.15, 0.2) is 72.8 Å². The van der Waals surface area contributed by atoms with Gasteiger partial charge in [-0.05, 0) is 82.0 Å². The maximum absolute atomic E-state index is 14.0. The third kappa shape index (κ3) is 7.02. The highest BCUT2D eigenvalue weighted by atomic mass is 16.5. The molecule has 2 amide bonds. The molecule has 0 spiro atoms. The molecule has 204 valence electrons. The van der Waals surface area contributed by atoms with Gasteiger partial charge in [0.05, 0.1) is 12.1 Å². The lowest BCUT2D eigenvalue weighted by Crippen LogP contribution is -2.50. The van der Waals surface area contributed by atoms with Crippen molar-refractivity contribution in [1.29, 1.82) is 0 Å². The zero-order valence-corrected chi connectivity index (χ0v) is 23.3. The normalized spacial score (nSPS) is 12.2. The minimum atomic E-state index is -0.841. The van der Waals surface area contributed by atoms with Gasteiger partial charge in [-0.3, -0.25) is 9.59 Å². The third-order valence-corrected chi connectivity index (χ3v) is 6.47. The minimum Gasteiger partial charge on any atom is -0.494 e. The molecule has 39 heavy (non-hydrogen) atoms. The Labute approximate surface area is 230 Å². The van der Waals surface area contributed by atoms with Gasteiger partial charge >= 0.3 is 0 Å². The maximum atomic E-state index is 14.0. The summed E-state index contributed by atoms with van der Waals surface area (Å²) in [6, 6.07) is 22.2. The molecule has 0 saturated carbocycles. The van der Waals surface area contributed by atoms with Crippen molar-refractivity contribution in [2.75, 3.05) is 13.2 Å². The van der Waals surface area contributed by atoms with Crippen molar-refractivity contribution in [1.82, 2.24) is 25.2 Å². The average Bonchev–Trinajstić information content (AvgIpc) is 3.30. The number of rotatable bonds is 10. The van der Waals surface area contributed by atoms with E-state index in [-0.39, 0.29) is 18.4 Å². The van der Waals surface area contributed by atoms with E-state index in [1.54, 1.807) is 9.58 Å². The van der Waals surface area contributed by atoms with Crippen LogP contribution >= 0.6 is 0 Å². The molecule has 0 radical (unpaired) electrons. The molecule has 1 atom stereocenters. The molecule has 1 heterocycles. The number of nitrogens with zero attached hydrogens (tertiary/aromatic N) is 4. The molecule has 0 aliphatic heterocycles. The van der Waals surface area contributed by atoms with Crippen molar-refractivity contribution in [2.24, 2.45) is 0 Å². The average molecular weight is 528 g/mol. The van der Waals surface area contributed by atoms with Gasteiger partial charge in [0.1, 0.15) is 23.9 Å². The Morgan fingerprint density at radius 3 is 2.38 bits per heavy atom. The molecule has 1 aromatic heterocycles. The predicted molar refractivity (Wildman–Crippen MR) is 152 cm³/mol. The number of aromatic nitrogens is 3. The van der Waals surface area contributed by atoms with Gasteiger partial charge in [0.25, 0.3) is 0 Å². The molecule has 3 aromatic carbocycles. The second-order valence-corrected chi connectivity index (χ2v) is 10.6. The molecule has 8 heteroatoms. The van der Waals surface area contributed by atoms with E-state index in [9.17, 15) is 9.59 Å². The molecule has 0 aliphatic carbocycles. The lowest BCUT2D eigenvalue weighted by Gasteiger charge is -2.34. The maximum Gasteiger partial charge on any atom is 0.247 e. The largest absolute Gasteiger partial charge is 0.494 e. The fraction of sp³-hybridized carbons (Fsp3) is 0.355. The first kappa shape index (κ1) is 27.8. The van der Waals surface area contributed by atoms with Crippen molar-refractivity contribution in [3.8, 4) is 5.75 Å². The lowest BCUT2D eigenvalue weighted by molar-refractivity contribution is -0.142. The molecular weight excluding hydrogens is 490 g/mol. The Morgan fingerprint density at radius 2 is 1.69 bits per heavy atom. The van der Waals surface area contributed by atoms with E-state index < -0.39 is 11.6 Å². The number of amides is 2. The lowest BCUT2D eigenvalue weighted by atomic mass is 10.00. The van der Waals surface area contributed by atoms with Gasteiger partial charge < -0.3 is 15.0 Å². The van der Waals surface area contributed by atoms with Crippen LogP contribution in [0.25, 0.3) is 11.0 Å². The SMILES string of the molecule is CCOc1ccc([C@H](C(=O)NC(C)(C)C)N(CCc2ccccc2C)C(=O)Cn2nnc3ccccc32)cc1. The van der Waals surface area contributed by atoms with Gasteiger partial charge in [-0.25, -0.2) is 4.68 Å². The van der Waals surface area contributed by atoms with E-state index >= 15 is 0 Å². The summed E-state index contributed by atoms with van der Waals surface area (Å²) < 4.78 is 7.21. The van der Waals surface area contributed by atoms with E-state index in [1.807, 2.05) is 88.4 Å². The molecule has 0 fully saturated rings. The van der Waals surface area contributed by atoms with Gasteiger partial charge in [0.15, 0.2) is 0 Å². The molecule has 0 unspecified atom stereocenters. The van der Waals surface area contributed by atoms with Gasteiger partial charge in [-0.15, -0.1) is 5.10 Å². The van der Waals surface area contributed by atoms with Gasteiger partial charge in [-0.2, -0.15) is 0 Å². The van der Waals surface area contributed by atoms with Crippen LogP contribution < -0.4 is 10.1 Å². The number of carbonyl (C=O) groups excluding carboxylic acids is 2. The first-order valence-corrected chi connectivity index (χ1v) is 13.3. The number of hydrogen-bond donors (Lipinski definition) is 1. The molecule has 4 rings (SSSR count). The van der Waals surface area contributed by atoms with Crippen molar-refractivity contribution in [2.45, 2.75) is 59.2 Å². The van der Waals surface area contributed by atoms with Crippen LogP contribution in [0, 0.1) is 6.92 Å². The topological polar surface area (TPSA) is 89.4 Å². The van der Waals surface area contributed by atoms with E-state index in [2.05, 4.69) is 34.7 Å². The number of carbonyl (C=O) groups is 2. The Hall–Kier alpha value is -4.20. The zero-order chi connectivity index (χ0) is 28.0. The molecule has 0 bridgehead atoms. The Bertz CT molecular complexity index is 1420. The van der Waals surface area contributed by atoms with Crippen LogP contribution in [0.3, 0.4) is 0 Å².